The quantitative estimate of drug-likeness (QED) is 0.0195. The number of aliphatic hydroxyl groups is 5. The summed E-state index contributed by atoms with van der Waals surface area (Å²) >= 11 is 0. The highest BCUT2D eigenvalue weighted by Crippen LogP contribution is 2.23. The number of allylic oxidation sites excluding steroid dienone is 13. The van der Waals surface area contributed by atoms with E-state index in [2.05, 4.69) is 79.1 Å². The second kappa shape index (κ2) is 63.4. The second-order valence-electron chi connectivity index (χ2n) is 24.6. The summed E-state index contributed by atoms with van der Waals surface area (Å²) < 4.78 is 16.7. The lowest BCUT2D eigenvalue weighted by atomic mass is 9.99. The lowest BCUT2D eigenvalue weighted by molar-refractivity contribution is -0.302. The van der Waals surface area contributed by atoms with E-state index in [1.54, 1.807) is 6.08 Å². The molecule has 6 N–H and O–H groups in total. The molecule has 11 heteroatoms. The Morgan fingerprint density at radius 2 is 0.837 bits per heavy atom. The van der Waals surface area contributed by atoms with Crippen LogP contribution >= 0.6 is 0 Å². The molecular formula is C75H133NO10. The molecular weight excluding hydrogens is 1070 g/mol. The molecule has 7 unspecified atom stereocenters. The Balaban J connectivity index is 1.91. The minimum atomic E-state index is -1.58. The molecule has 0 aromatic heterocycles. The molecule has 7 atom stereocenters. The molecule has 1 heterocycles. The average molecular weight is 1210 g/mol. The smallest absolute Gasteiger partial charge is 0.305 e. The molecule has 1 amide bonds. The van der Waals surface area contributed by atoms with Crippen LogP contribution in [-0.2, 0) is 23.8 Å². The van der Waals surface area contributed by atoms with Gasteiger partial charge in [0.2, 0.25) is 5.91 Å². The highest BCUT2D eigenvalue weighted by atomic mass is 16.7. The van der Waals surface area contributed by atoms with E-state index in [0.29, 0.717) is 19.4 Å². The van der Waals surface area contributed by atoms with Crippen LogP contribution < -0.4 is 5.32 Å². The highest BCUT2D eigenvalue weighted by Gasteiger charge is 2.44. The second-order valence-corrected chi connectivity index (χ2v) is 24.6. The fourth-order valence-electron chi connectivity index (χ4n) is 10.9. The molecule has 11 nitrogen and oxygen atoms in total. The fraction of sp³-hybridized carbons (Fsp3) is 0.787. The SMILES string of the molecule is C/C=C/CC/C=C/CC/C=C/C(O)C(COC1OC(CO)C(O)C(O)C1O)NC(=O)CCCCCCCCCCCCCCCCCCC/C=C\C/C=C\CCCCCCCCCCCCCOC(=O)CCCCCCC/C=C\C/C=C\CCCC. The van der Waals surface area contributed by atoms with Gasteiger partial charge in [-0.2, -0.15) is 0 Å². The van der Waals surface area contributed by atoms with Crippen molar-refractivity contribution in [2.45, 2.75) is 358 Å². The lowest BCUT2D eigenvalue weighted by Gasteiger charge is -2.40. The number of hydrogen-bond donors (Lipinski definition) is 6. The number of rotatable bonds is 62. The maximum absolute atomic E-state index is 13.0. The van der Waals surface area contributed by atoms with Crippen molar-refractivity contribution in [3.8, 4) is 0 Å². The molecule has 1 fully saturated rings. The summed E-state index contributed by atoms with van der Waals surface area (Å²) in [5, 5.41) is 54.2. The minimum Gasteiger partial charge on any atom is -0.466 e. The topological polar surface area (TPSA) is 175 Å². The maximum atomic E-state index is 13.0. The molecule has 86 heavy (non-hydrogen) atoms. The molecule has 0 saturated carbocycles. The number of amides is 1. The van der Waals surface area contributed by atoms with Crippen molar-refractivity contribution in [3.05, 3.63) is 85.1 Å². The van der Waals surface area contributed by atoms with Gasteiger partial charge >= 0.3 is 5.97 Å². The van der Waals surface area contributed by atoms with Crippen LogP contribution in [0, 0.1) is 0 Å². The van der Waals surface area contributed by atoms with E-state index in [1.807, 2.05) is 19.1 Å². The number of ether oxygens (including phenoxy) is 3. The number of esters is 1. The number of unbranched alkanes of at least 4 members (excludes halogenated alkanes) is 37. The van der Waals surface area contributed by atoms with Crippen LogP contribution in [-0.4, -0.2) is 100 Å². The van der Waals surface area contributed by atoms with Gasteiger partial charge in [0.25, 0.3) is 0 Å². The molecule has 1 saturated heterocycles. The largest absolute Gasteiger partial charge is 0.466 e. The van der Waals surface area contributed by atoms with Crippen molar-refractivity contribution in [2.24, 2.45) is 0 Å². The Kier molecular flexibility index (Phi) is 59.6. The maximum Gasteiger partial charge on any atom is 0.305 e. The monoisotopic (exact) mass is 1210 g/mol. The third-order valence-electron chi connectivity index (χ3n) is 16.5. The van der Waals surface area contributed by atoms with Crippen molar-refractivity contribution in [1.29, 1.82) is 0 Å². The first-order chi connectivity index (χ1) is 42.2. The summed E-state index contributed by atoms with van der Waals surface area (Å²) in [6.45, 7) is 4.06. The zero-order valence-electron chi connectivity index (χ0n) is 55.3. The van der Waals surface area contributed by atoms with Gasteiger partial charge < -0.3 is 45.1 Å². The van der Waals surface area contributed by atoms with E-state index in [-0.39, 0.29) is 18.5 Å². The molecule has 1 aliphatic rings. The Morgan fingerprint density at radius 1 is 0.453 bits per heavy atom. The summed E-state index contributed by atoms with van der Waals surface area (Å²) in [6, 6.07) is -0.833. The van der Waals surface area contributed by atoms with E-state index in [1.165, 1.54) is 212 Å². The molecule has 498 valence electrons. The predicted molar refractivity (Wildman–Crippen MR) is 361 cm³/mol. The number of carbonyl (C=O) groups is 2. The van der Waals surface area contributed by atoms with Crippen molar-refractivity contribution >= 4 is 11.9 Å². The van der Waals surface area contributed by atoms with Gasteiger partial charge in [-0.25, -0.2) is 0 Å². The summed E-state index contributed by atoms with van der Waals surface area (Å²) in [5.41, 5.74) is 0. The van der Waals surface area contributed by atoms with Gasteiger partial charge in [0.05, 0.1) is 32.0 Å². The third kappa shape index (κ3) is 51.7. The Labute approximate surface area is 527 Å². The van der Waals surface area contributed by atoms with Crippen molar-refractivity contribution in [1.82, 2.24) is 5.32 Å². The molecule has 1 rings (SSSR count). The first-order valence-electron chi connectivity index (χ1n) is 35.8. The summed E-state index contributed by atoms with van der Waals surface area (Å²) in [5.74, 6) is -0.203. The van der Waals surface area contributed by atoms with Crippen LogP contribution in [0.1, 0.15) is 316 Å². The third-order valence-corrected chi connectivity index (χ3v) is 16.5. The van der Waals surface area contributed by atoms with E-state index in [4.69, 9.17) is 14.2 Å². The van der Waals surface area contributed by atoms with Gasteiger partial charge in [-0.3, -0.25) is 9.59 Å². The summed E-state index contributed by atoms with van der Waals surface area (Å²) in [4.78, 5) is 25.1. The van der Waals surface area contributed by atoms with Crippen LogP contribution in [0.4, 0.5) is 0 Å². The van der Waals surface area contributed by atoms with Crippen LogP contribution in [0.2, 0.25) is 0 Å². The molecule has 0 aromatic carbocycles. The fourth-order valence-corrected chi connectivity index (χ4v) is 10.9. The predicted octanol–water partition coefficient (Wildman–Crippen LogP) is 18.5. The van der Waals surface area contributed by atoms with Crippen molar-refractivity contribution < 1.29 is 49.3 Å². The van der Waals surface area contributed by atoms with E-state index in [9.17, 15) is 35.1 Å². The van der Waals surface area contributed by atoms with Crippen LogP contribution in [0.5, 0.6) is 0 Å². The molecule has 0 bridgehead atoms. The molecule has 0 spiro atoms. The minimum absolute atomic E-state index is 0.00564. The van der Waals surface area contributed by atoms with Crippen LogP contribution in [0.25, 0.3) is 0 Å². The molecule has 0 radical (unpaired) electrons. The molecule has 0 aromatic rings. The van der Waals surface area contributed by atoms with Crippen LogP contribution in [0.3, 0.4) is 0 Å². The Hall–Kier alpha value is -3.16. The zero-order chi connectivity index (χ0) is 62.3. The van der Waals surface area contributed by atoms with E-state index in [0.717, 1.165) is 77.0 Å². The van der Waals surface area contributed by atoms with Crippen LogP contribution in [0.15, 0.2) is 85.1 Å². The zero-order valence-corrected chi connectivity index (χ0v) is 55.3. The lowest BCUT2D eigenvalue weighted by Crippen LogP contribution is -2.60. The number of aliphatic hydroxyl groups excluding tert-OH is 5. The first-order valence-corrected chi connectivity index (χ1v) is 35.8. The Bertz CT molecular complexity index is 1710. The normalized spacial score (nSPS) is 18.4. The summed E-state index contributed by atoms with van der Waals surface area (Å²) in [6.07, 6.45) is 77.7. The number of nitrogens with one attached hydrogen (secondary N) is 1. The number of carbonyl (C=O) groups excluding carboxylic acids is 2. The average Bonchev–Trinajstić information content (AvgIpc) is 2.21. The van der Waals surface area contributed by atoms with Gasteiger partial charge in [0.1, 0.15) is 24.4 Å². The van der Waals surface area contributed by atoms with Crippen molar-refractivity contribution in [3.63, 3.8) is 0 Å². The van der Waals surface area contributed by atoms with Crippen molar-refractivity contribution in [2.75, 3.05) is 19.8 Å². The Morgan fingerprint density at radius 3 is 1.28 bits per heavy atom. The van der Waals surface area contributed by atoms with Gasteiger partial charge in [-0.05, 0) is 110 Å². The van der Waals surface area contributed by atoms with Gasteiger partial charge in [-0.15, -0.1) is 0 Å². The van der Waals surface area contributed by atoms with E-state index >= 15 is 0 Å². The van der Waals surface area contributed by atoms with Gasteiger partial charge in [-0.1, -0.05) is 278 Å². The summed E-state index contributed by atoms with van der Waals surface area (Å²) in [7, 11) is 0. The standard InChI is InChI=1S/C75H133NO10/c1-3-5-7-9-11-13-14-15-40-43-47-51-55-59-63-71(80)84-64-60-56-52-48-44-41-38-36-34-32-30-28-26-24-22-20-18-16-17-19-21-23-25-27-29-31-33-35-37-39-42-46-50-54-58-62-70(79)76-67(68(78)61-57-53-49-45-12-10-8-6-4-2)66-85-75-74(83)73(82)72(81)69(65-77)86-75/h4,6,9,11-12,14-15,18,20,24,26,45,57,61,67-69,72-75,77-78,81-83H,3,5,7-8,10,13,16-17,19,21-23,25,27-44,46-56,58-60,62-66H2,1-2H3,(H,76,79)/b6-4+,11-9-,15-14-,20-18-,26-24-,45-12+,61-57+. The van der Waals surface area contributed by atoms with Gasteiger partial charge in [0, 0.05) is 12.8 Å². The van der Waals surface area contributed by atoms with E-state index < -0.39 is 49.5 Å². The number of hydrogen-bond acceptors (Lipinski definition) is 10. The first kappa shape index (κ1) is 80.9. The molecule has 0 aliphatic carbocycles. The highest BCUT2D eigenvalue weighted by molar-refractivity contribution is 5.76. The molecule has 1 aliphatic heterocycles. The van der Waals surface area contributed by atoms with Gasteiger partial charge in [0.15, 0.2) is 6.29 Å².